The minimum atomic E-state index is -1.53. The second-order valence-electron chi connectivity index (χ2n) is 12.0. The molecule has 1 aliphatic rings. The summed E-state index contributed by atoms with van der Waals surface area (Å²) in [6.45, 7) is -3.44. The van der Waals surface area contributed by atoms with Crippen molar-refractivity contribution in [2.75, 3.05) is 49.4 Å². The number of ether oxygens (including phenoxy) is 4. The predicted molar refractivity (Wildman–Crippen MR) is 188 cm³/mol. The number of hydrogen-bond acceptors (Lipinski definition) is 16. The zero-order valence-corrected chi connectivity index (χ0v) is 34.2. The van der Waals surface area contributed by atoms with Gasteiger partial charge in [0.1, 0.15) is 49.4 Å². The van der Waals surface area contributed by atoms with E-state index in [1.165, 1.54) is 48.5 Å². The zero-order chi connectivity index (χ0) is 37.7. The Bertz CT molecular complexity index is 1710. The van der Waals surface area contributed by atoms with Crippen molar-refractivity contribution < 1.29 is 58.6 Å². The number of carbonyl (C=O) groups excluding carboxylic acids is 4. The third kappa shape index (κ3) is 10.9. The van der Waals surface area contributed by atoms with Crippen LogP contribution < -0.4 is 62.3 Å². The fourth-order valence-corrected chi connectivity index (χ4v) is 6.26. The normalized spacial score (nSPS) is 11.6. The van der Waals surface area contributed by atoms with Gasteiger partial charge in [-0.15, -0.1) is 0 Å². The van der Waals surface area contributed by atoms with Crippen molar-refractivity contribution in [3.05, 3.63) is 93.0 Å². The number of rotatable bonds is 12. The van der Waals surface area contributed by atoms with Gasteiger partial charge in [0.05, 0.1) is 23.9 Å². The van der Waals surface area contributed by atoms with E-state index in [1.54, 1.807) is 0 Å². The molecule has 5 rings (SSSR count). The molecule has 276 valence electrons. The summed E-state index contributed by atoms with van der Waals surface area (Å²) < 4.78 is 23.1. The van der Waals surface area contributed by atoms with Gasteiger partial charge in [-0.2, -0.15) is 0 Å². The minimum absolute atomic E-state index is 0. The molecule has 0 unspecified atom stereocenters. The first-order chi connectivity index (χ1) is 24.7. The number of carboxylic acid groups (broad SMARTS) is 4. The summed E-state index contributed by atoms with van der Waals surface area (Å²) in [4.78, 5) is 46.3. The SMILES string of the molecule is Nc1cc2c(OCC(=O)[O-])c(c1)Cc1cc(N)cc(c1OCC(=O)[O-])Cc1cc(N)cc(c1OCC(=O)[O-])Cc1cc(N)cc(c1OCC(=O)[O-])C2.[Sn+2].[Sn+2]. The van der Waals surface area contributed by atoms with Crippen LogP contribution >= 0.6 is 0 Å². The Morgan fingerprint density at radius 3 is 0.667 bits per heavy atom. The molecule has 4 aromatic rings. The summed E-state index contributed by atoms with van der Waals surface area (Å²) >= 11 is 0. The standard InChI is InChI=1S/C36H36N4O12.2Sn/c37-25-5-17-1-18-6-26(38)8-20(34(18)50-14-30(43)44)3-22-10-28(40)12-24(36(22)52-16-32(47)48)4-23-11-27(39)9-21(35(23)51-15-31(45)46)2-19(7-25)33(17)49-13-29(41)42;;/h5-12H,1-4,13-16,37-40H2,(H,41,42)(H,43,44)(H,45,46)(H,47,48);;/q;2*+2/p-4. The van der Waals surface area contributed by atoms with Gasteiger partial charge in [-0.3, -0.25) is 0 Å². The molecule has 54 heavy (non-hydrogen) atoms. The number of benzene rings is 4. The van der Waals surface area contributed by atoms with E-state index in [0.717, 1.165) is 0 Å². The second kappa shape index (κ2) is 18.7. The summed E-state index contributed by atoms with van der Waals surface area (Å²) in [6, 6.07) is 12.2. The maximum absolute atomic E-state index is 11.6. The Labute approximate surface area is 342 Å². The molecule has 4 radical (unpaired) electrons. The van der Waals surface area contributed by atoms with Crippen molar-refractivity contribution in [1.29, 1.82) is 0 Å². The Morgan fingerprint density at radius 1 is 0.389 bits per heavy atom. The first-order valence-electron chi connectivity index (χ1n) is 15.6. The van der Waals surface area contributed by atoms with E-state index in [1.807, 2.05) is 0 Å². The number of carboxylic acids is 4. The largest absolute Gasteiger partial charge is 2.00 e. The van der Waals surface area contributed by atoms with Gasteiger partial charge in [-0.05, 0) is 48.5 Å². The third-order valence-corrected chi connectivity index (χ3v) is 7.92. The van der Waals surface area contributed by atoms with Crippen molar-refractivity contribution >= 4 is 94.4 Å². The summed E-state index contributed by atoms with van der Waals surface area (Å²) in [5, 5.41) is 46.3. The van der Waals surface area contributed by atoms with Crippen LogP contribution in [0.3, 0.4) is 0 Å². The van der Waals surface area contributed by atoms with Gasteiger partial charge in [0.15, 0.2) is 0 Å². The maximum Gasteiger partial charge on any atom is 2.00 e. The summed E-state index contributed by atoms with van der Waals surface area (Å²) in [6.07, 6.45) is -0.360. The summed E-state index contributed by atoms with van der Waals surface area (Å²) in [5.41, 5.74) is 29.0. The van der Waals surface area contributed by atoms with Gasteiger partial charge in [-0.25, -0.2) is 0 Å². The Balaban J connectivity index is 0.00000392. The molecule has 0 aliphatic heterocycles. The molecule has 16 nitrogen and oxygen atoms in total. The molecule has 18 heteroatoms. The molecule has 0 atom stereocenters. The molecule has 0 spiro atoms. The van der Waals surface area contributed by atoms with Gasteiger partial charge in [0.2, 0.25) is 0 Å². The van der Waals surface area contributed by atoms with Gasteiger partial charge >= 0.3 is 47.8 Å². The maximum atomic E-state index is 11.6. The van der Waals surface area contributed by atoms with E-state index in [9.17, 15) is 39.6 Å². The monoisotopic (exact) mass is 952 g/mol. The zero-order valence-electron chi connectivity index (χ0n) is 28.5. The summed E-state index contributed by atoms with van der Waals surface area (Å²) in [7, 11) is 0. The molecule has 8 bridgehead atoms. The number of nitrogen functional groups attached to an aromatic ring is 4. The van der Waals surface area contributed by atoms with Crippen LogP contribution in [0.1, 0.15) is 44.5 Å². The van der Waals surface area contributed by atoms with Crippen molar-refractivity contribution in [1.82, 2.24) is 0 Å². The van der Waals surface area contributed by atoms with E-state index < -0.39 is 50.3 Å². The number of hydrogen-bond donors (Lipinski definition) is 4. The van der Waals surface area contributed by atoms with Gasteiger partial charge in [0, 0.05) is 92.9 Å². The molecule has 0 saturated heterocycles. The third-order valence-electron chi connectivity index (χ3n) is 7.92. The van der Waals surface area contributed by atoms with Crippen molar-refractivity contribution in [2.24, 2.45) is 0 Å². The van der Waals surface area contributed by atoms with Crippen molar-refractivity contribution in [3.8, 4) is 23.0 Å². The van der Waals surface area contributed by atoms with E-state index in [4.69, 9.17) is 41.9 Å². The molecule has 0 saturated carbocycles. The molecule has 0 heterocycles. The fraction of sp³-hybridized carbons (Fsp3) is 0.222. The average molecular weight is 950 g/mol. The average Bonchev–Trinajstić information content (AvgIpc) is 3.02. The molecule has 0 fully saturated rings. The van der Waals surface area contributed by atoms with Crippen LogP contribution in [0.4, 0.5) is 22.7 Å². The number of nitrogens with two attached hydrogens (primary N) is 4. The molecule has 4 aromatic carbocycles. The minimum Gasteiger partial charge on any atom is -0.546 e. The van der Waals surface area contributed by atoms with Crippen LogP contribution in [0.5, 0.6) is 23.0 Å². The Hall–Kier alpha value is -5.24. The van der Waals surface area contributed by atoms with Gasteiger partial charge in [0.25, 0.3) is 0 Å². The molecular weight excluding hydrogens is 918 g/mol. The van der Waals surface area contributed by atoms with Crippen molar-refractivity contribution in [3.63, 3.8) is 0 Å². The van der Waals surface area contributed by atoms with Crippen LogP contribution in [-0.4, -0.2) is 98.1 Å². The van der Waals surface area contributed by atoms with Crippen molar-refractivity contribution in [2.45, 2.75) is 25.7 Å². The van der Waals surface area contributed by atoms with Gasteiger partial charge in [-0.1, -0.05) is 0 Å². The molecular formula is C36H32N4O12Sn2. The van der Waals surface area contributed by atoms with Crippen LogP contribution in [0.15, 0.2) is 48.5 Å². The Kier molecular flexibility index (Phi) is 14.9. The summed E-state index contributed by atoms with van der Waals surface area (Å²) in [5.74, 6) is -5.81. The molecule has 0 aromatic heterocycles. The molecule has 0 amide bonds. The number of anilines is 4. The smallest absolute Gasteiger partial charge is 0.546 e. The van der Waals surface area contributed by atoms with Crippen LogP contribution in [0.2, 0.25) is 0 Å². The number of aliphatic carboxylic acids is 4. The number of carbonyl (C=O) groups is 4. The Morgan fingerprint density at radius 2 is 0.537 bits per heavy atom. The number of fused-ring (bicyclic) bond motifs is 8. The second-order valence-corrected chi connectivity index (χ2v) is 12.0. The molecule has 8 N–H and O–H groups in total. The predicted octanol–water partition coefficient (Wildman–Crippen LogP) is -3.55. The topological polar surface area (TPSA) is 302 Å². The fourth-order valence-electron chi connectivity index (χ4n) is 6.26. The van der Waals surface area contributed by atoms with Crippen LogP contribution in [-0.2, 0) is 44.9 Å². The van der Waals surface area contributed by atoms with Gasteiger partial charge < -0.3 is 81.5 Å². The van der Waals surface area contributed by atoms with Crippen LogP contribution in [0.25, 0.3) is 0 Å². The van der Waals surface area contributed by atoms with E-state index in [0.29, 0.717) is 44.5 Å². The van der Waals surface area contributed by atoms with Crippen LogP contribution in [0, 0.1) is 0 Å². The quantitative estimate of drug-likeness (QED) is 0.0695. The first kappa shape index (κ1) is 43.2. The van der Waals surface area contributed by atoms with E-state index >= 15 is 0 Å². The van der Waals surface area contributed by atoms with E-state index in [2.05, 4.69) is 0 Å². The van der Waals surface area contributed by atoms with E-state index in [-0.39, 0.29) is 119 Å². The molecule has 1 aliphatic carbocycles. The first-order valence-corrected chi connectivity index (χ1v) is 15.6.